The number of carbonyl (C=O) groups excluding carboxylic acids is 1. The number of carbonyl (C=O) groups is 1. The van der Waals surface area contributed by atoms with Crippen LogP contribution in [0.25, 0.3) is 0 Å². The fourth-order valence-corrected chi connectivity index (χ4v) is 4.10. The van der Waals surface area contributed by atoms with Gasteiger partial charge in [0.15, 0.2) is 0 Å². The van der Waals surface area contributed by atoms with Crippen molar-refractivity contribution >= 4 is 23.4 Å². The Morgan fingerprint density at radius 1 is 1.21 bits per heavy atom. The molecule has 132 valence electrons. The molecule has 3 rings (SSSR count). The summed E-state index contributed by atoms with van der Waals surface area (Å²) in [7, 11) is 0. The van der Waals surface area contributed by atoms with Crippen LogP contribution in [0.4, 0.5) is 18.9 Å². The number of halogens is 3. The number of rotatable bonds is 2. The minimum absolute atomic E-state index is 0.0795. The van der Waals surface area contributed by atoms with Gasteiger partial charge in [-0.3, -0.25) is 4.79 Å². The van der Waals surface area contributed by atoms with Crippen molar-refractivity contribution in [2.75, 3.05) is 42.6 Å². The van der Waals surface area contributed by atoms with Crippen LogP contribution in [0, 0.1) is 5.92 Å². The molecular formula is C16H20F3N3OS. The zero-order valence-corrected chi connectivity index (χ0v) is 14.1. The molecule has 0 spiro atoms. The molecule has 0 N–H and O–H groups in total. The number of piperidine rings is 1. The lowest BCUT2D eigenvalue weighted by Crippen LogP contribution is -2.47. The zero-order chi connectivity index (χ0) is 17.2. The number of alkyl halides is 3. The van der Waals surface area contributed by atoms with Crippen molar-refractivity contribution in [2.45, 2.75) is 19.0 Å². The van der Waals surface area contributed by atoms with Gasteiger partial charge in [-0.05, 0) is 25.0 Å². The SMILES string of the molecule is O=C(C1CCCN(c2ccc(C(F)(F)F)nc2)C1)N1CCSCC1. The van der Waals surface area contributed by atoms with Gasteiger partial charge in [0.05, 0.1) is 17.8 Å². The first-order chi connectivity index (χ1) is 11.4. The number of hydrogen-bond acceptors (Lipinski definition) is 4. The number of pyridine rings is 1. The Bertz CT molecular complexity index is 573. The van der Waals surface area contributed by atoms with Gasteiger partial charge in [0.2, 0.25) is 5.91 Å². The second-order valence-electron chi connectivity index (χ2n) is 6.12. The van der Waals surface area contributed by atoms with Crippen molar-refractivity contribution in [1.29, 1.82) is 0 Å². The van der Waals surface area contributed by atoms with Crippen LogP contribution >= 0.6 is 11.8 Å². The van der Waals surface area contributed by atoms with Gasteiger partial charge in [0.1, 0.15) is 5.69 Å². The van der Waals surface area contributed by atoms with E-state index in [2.05, 4.69) is 4.98 Å². The highest BCUT2D eigenvalue weighted by atomic mass is 32.2. The standard InChI is InChI=1S/C16H20F3N3OS/c17-16(18,19)14-4-3-13(10-20-14)22-5-1-2-12(11-22)15(23)21-6-8-24-9-7-21/h3-4,10,12H,1-2,5-9,11H2. The van der Waals surface area contributed by atoms with Crippen LogP contribution in [0.15, 0.2) is 18.3 Å². The summed E-state index contributed by atoms with van der Waals surface area (Å²) in [5, 5.41) is 0. The molecule has 2 aliphatic heterocycles. The molecule has 0 aliphatic carbocycles. The van der Waals surface area contributed by atoms with Crippen molar-refractivity contribution < 1.29 is 18.0 Å². The Hall–Kier alpha value is -1.44. The van der Waals surface area contributed by atoms with Gasteiger partial charge in [-0.1, -0.05) is 0 Å². The van der Waals surface area contributed by atoms with Crippen LogP contribution < -0.4 is 4.90 Å². The predicted molar refractivity (Wildman–Crippen MR) is 88.1 cm³/mol. The average molecular weight is 359 g/mol. The minimum atomic E-state index is -4.43. The first kappa shape index (κ1) is 17.4. The highest BCUT2D eigenvalue weighted by Crippen LogP contribution is 2.30. The summed E-state index contributed by atoms with van der Waals surface area (Å²) >= 11 is 1.86. The molecule has 3 heterocycles. The molecule has 0 radical (unpaired) electrons. The molecule has 0 aromatic carbocycles. The Morgan fingerprint density at radius 2 is 1.96 bits per heavy atom. The topological polar surface area (TPSA) is 36.4 Å². The van der Waals surface area contributed by atoms with E-state index in [1.807, 2.05) is 21.6 Å². The second kappa shape index (κ2) is 7.21. The van der Waals surface area contributed by atoms with E-state index in [1.54, 1.807) is 0 Å². The van der Waals surface area contributed by atoms with E-state index in [-0.39, 0.29) is 11.8 Å². The summed E-state index contributed by atoms with van der Waals surface area (Å²) in [5.41, 5.74) is -0.239. The van der Waals surface area contributed by atoms with Crippen molar-refractivity contribution in [3.05, 3.63) is 24.0 Å². The van der Waals surface area contributed by atoms with E-state index >= 15 is 0 Å². The maximum absolute atomic E-state index is 12.6. The molecule has 8 heteroatoms. The molecular weight excluding hydrogens is 339 g/mol. The number of amides is 1. The van der Waals surface area contributed by atoms with Crippen LogP contribution in [0.5, 0.6) is 0 Å². The fourth-order valence-electron chi connectivity index (χ4n) is 3.20. The monoisotopic (exact) mass is 359 g/mol. The number of aromatic nitrogens is 1. The van der Waals surface area contributed by atoms with Gasteiger partial charge < -0.3 is 9.80 Å². The molecule has 0 saturated carbocycles. The molecule has 1 aromatic rings. The van der Waals surface area contributed by atoms with Crippen LogP contribution in [0.3, 0.4) is 0 Å². The van der Waals surface area contributed by atoms with Gasteiger partial charge in [-0.2, -0.15) is 24.9 Å². The summed E-state index contributed by atoms with van der Waals surface area (Å²) in [5.74, 6) is 2.06. The van der Waals surface area contributed by atoms with E-state index in [0.29, 0.717) is 12.2 Å². The number of nitrogens with zero attached hydrogens (tertiary/aromatic N) is 3. The highest BCUT2D eigenvalue weighted by molar-refractivity contribution is 7.99. The third-order valence-electron chi connectivity index (χ3n) is 4.50. The number of hydrogen-bond donors (Lipinski definition) is 0. The second-order valence-corrected chi connectivity index (χ2v) is 7.35. The van der Waals surface area contributed by atoms with E-state index in [0.717, 1.165) is 50.0 Å². The summed E-state index contributed by atoms with van der Waals surface area (Å²) < 4.78 is 37.8. The van der Waals surface area contributed by atoms with Crippen molar-refractivity contribution in [2.24, 2.45) is 5.92 Å². The molecule has 1 aromatic heterocycles. The summed E-state index contributed by atoms with van der Waals surface area (Å²) in [6, 6.07) is 2.45. The first-order valence-corrected chi connectivity index (χ1v) is 9.25. The van der Waals surface area contributed by atoms with Gasteiger partial charge in [-0.15, -0.1) is 0 Å². The fraction of sp³-hybridized carbons (Fsp3) is 0.625. The van der Waals surface area contributed by atoms with E-state index in [1.165, 1.54) is 12.3 Å². The quantitative estimate of drug-likeness (QED) is 0.814. The Labute approximate surface area is 143 Å². The molecule has 2 saturated heterocycles. The molecule has 4 nitrogen and oxygen atoms in total. The third kappa shape index (κ3) is 3.96. The summed E-state index contributed by atoms with van der Waals surface area (Å²) in [6.07, 6.45) is -1.47. The van der Waals surface area contributed by atoms with Gasteiger partial charge >= 0.3 is 6.18 Å². The van der Waals surface area contributed by atoms with Crippen LogP contribution in [0.2, 0.25) is 0 Å². The molecule has 2 aliphatic rings. The van der Waals surface area contributed by atoms with E-state index in [4.69, 9.17) is 0 Å². The molecule has 1 amide bonds. The van der Waals surface area contributed by atoms with Crippen molar-refractivity contribution in [3.63, 3.8) is 0 Å². The van der Waals surface area contributed by atoms with Gasteiger partial charge in [0, 0.05) is 37.7 Å². The number of thioether (sulfide) groups is 1. The molecule has 2 fully saturated rings. The zero-order valence-electron chi connectivity index (χ0n) is 13.3. The highest BCUT2D eigenvalue weighted by Gasteiger charge is 2.33. The predicted octanol–water partition coefficient (Wildman–Crippen LogP) is 2.89. The summed E-state index contributed by atoms with van der Waals surface area (Å²) in [4.78, 5) is 20.1. The maximum atomic E-state index is 12.6. The molecule has 0 bridgehead atoms. The van der Waals surface area contributed by atoms with Crippen molar-refractivity contribution in [1.82, 2.24) is 9.88 Å². The Kier molecular flexibility index (Phi) is 5.22. The van der Waals surface area contributed by atoms with Crippen LogP contribution in [0.1, 0.15) is 18.5 Å². The lowest BCUT2D eigenvalue weighted by Gasteiger charge is -2.37. The van der Waals surface area contributed by atoms with Crippen LogP contribution in [-0.2, 0) is 11.0 Å². The largest absolute Gasteiger partial charge is 0.433 e. The van der Waals surface area contributed by atoms with E-state index < -0.39 is 11.9 Å². The van der Waals surface area contributed by atoms with Gasteiger partial charge in [-0.25, -0.2) is 4.98 Å². The smallest absolute Gasteiger partial charge is 0.369 e. The van der Waals surface area contributed by atoms with Crippen molar-refractivity contribution in [3.8, 4) is 0 Å². The third-order valence-corrected chi connectivity index (χ3v) is 5.44. The lowest BCUT2D eigenvalue weighted by molar-refractivity contribution is -0.141. The lowest BCUT2D eigenvalue weighted by atomic mass is 9.96. The van der Waals surface area contributed by atoms with Gasteiger partial charge in [0.25, 0.3) is 0 Å². The Balaban J connectivity index is 1.65. The molecule has 1 atom stereocenters. The summed E-state index contributed by atoms with van der Waals surface area (Å²) in [6.45, 7) is 2.88. The number of anilines is 1. The normalized spacial score (nSPS) is 22.5. The van der Waals surface area contributed by atoms with Crippen LogP contribution in [-0.4, -0.2) is 53.5 Å². The average Bonchev–Trinajstić information content (AvgIpc) is 2.61. The molecule has 24 heavy (non-hydrogen) atoms. The minimum Gasteiger partial charge on any atom is -0.369 e. The Morgan fingerprint density at radius 3 is 2.58 bits per heavy atom. The molecule has 1 unspecified atom stereocenters. The first-order valence-electron chi connectivity index (χ1n) is 8.10. The van der Waals surface area contributed by atoms with E-state index in [9.17, 15) is 18.0 Å². The maximum Gasteiger partial charge on any atom is 0.433 e.